The maximum absolute atomic E-state index is 12.5. The standard InChI is InChI=1S/C13H8ClF3N4/c14-12-9(5-18)11(7-1-2-7)20-21(12)10-4-3-8(6-19-10)13(15,16)17/h3-4,6-7H,1-2H2. The highest BCUT2D eigenvalue weighted by atomic mass is 35.5. The first kappa shape index (κ1) is 13.9. The Labute approximate surface area is 122 Å². The Morgan fingerprint density at radius 1 is 1.33 bits per heavy atom. The molecule has 0 aliphatic heterocycles. The van der Waals surface area contributed by atoms with Gasteiger partial charge in [0, 0.05) is 12.1 Å². The van der Waals surface area contributed by atoms with Crippen molar-refractivity contribution in [3.05, 3.63) is 40.3 Å². The van der Waals surface area contributed by atoms with Gasteiger partial charge in [0.2, 0.25) is 0 Å². The zero-order valence-corrected chi connectivity index (χ0v) is 11.3. The van der Waals surface area contributed by atoms with E-state index in [1.807, 2.05) is 6.07 Å². The summed E-state index contributed by atoms with van der Waals surface area (Å²) in [4.78, 5) is 3.73. The minimum atomic E-state index is -4.45. The fourth-order valence-corrected chi connectivity index (χ4v) is 2.25. The molecule has 8 heteroatoms. The Morgan fingerprint density at radius 3 is 2.52 bits per heavy atom. The molecule has 0 unspecified atom stereocenters. The van der Waals surface area contributed by atoms with Gasteiger partial charge in [0.25, 0.3) is 0 Å². The van der Waals surface area contributed by atoms with Crippen LogP contribution in [0.15, 0.2) is 18.3 Å². The predicted molar refractivity (Wildman–Crippen MR) is 68.1 cm³/mol. The number of hydrogen-bond acceptors (Lipinski definition) is 3. The number of hydrogen-bond donors (Lipinski definition) is 0. The van der Waals surface area contributed by atoms with Crippen molar-refractivity contribution in [3.63, 3.8) is 0 Å². The number of rotatable bonds is 2. The molecule has 0 amide bonds. The van der Waals surface area contributed by atoms with Crippen molar-refractivity contribution in [2.75, 3.05) is 0 Å². The van der Waals surface area contributed by atoms with Crippen LogP contribution in [0.4, 0.5) is 13.2 Å². The predicted octanol–water partition coefficient (Wildman–Crippen LogP) is 3.69. The third-order valence-electron chi connectivity index (χ3n) is 3.22. The molecule has 0 bridgehead atoms. The Hall–Kier alpha value is -2.07. The average molecular weight is 313 g/mol. The van der Waals surface area contributed by atoms with Gasteiger partial charge in [-0.15, -0.1) is 0 Å². The highest BCUT2D eigenvalue weighted by molar-refractivity contribution is 6.31. The fourth-order valence-electron chi connectivity index (χ4n) is 1.99. The summed E-state index contributed by atoms with van der Waals surface area (Å²) in [6.07, 6.45) is -1.86. The van der Waals surface area contributed by atoms with Crippen molar-refractivity contribution >= 4 is 11.6 Å². The molecule has 0 spiro atoms. The van der Waals surface area contributed by atoms with Crippen LogP contribution in [0, 0.1) is 11.3 Å². The summed E-state index contributed by atoms with van der Waals surface area (Å²) in [5.41, 5.74) is 0.00233. The maximum atomic E-state index is 12.5. The van der Waals surface area contributed by atoms with Gasteiger partial charge in [-0.25, -0.2) is 9.67 Å². The molecule has 1 saturated carbocycles. The molecule has 21 heavy (non-hydrogen) atoms. The Kier molecular flexibility index (Phi) is 3.14. The summed E-state index contributed by atoms with van der Waals surface area (Å²) in [5.74, 6) is 0.351. The average Bonchev–Trinajstić information content (AvgIpc) is 3.22. The van der Waals surface area contributed by atoms with E-state index in [2.05, 4.69) is 10.1 Å². The third-order valence-corrected chi connectivity index (χ3v) is 3.57. The normalized spacial score (nSPS) is 15.0. The van der Waals surface area contributed by atoms with Crippen LogP contribution in [0.3, 0.4) is 0 Å². The van der Waals surface area contributed by atoms with Crippen LogP contribution < -0.4 is 0 Å². The molecule has 0 saturated heterocycles. The van der Waals surface area contributed by atoms with Crippen LogP contribution >= 0.6 is 11.6 Å². The second kappa shape index (κ2) is 4.74. The van der Waals surface area contributed by atoms with Gasteiger partial charge in [-0.2, -0.15) is 23.5 Å². The molecule has 0 N–H and O–H groups in total. The minimum Gasteiger partial charge on any atom is -0.236 e. The number of nitriles is 1. The molecule has 1 fully saturated rings. The van der Waals surface area contributed by atoms with E-state index >= 15 is 0 Å². The van der Waals surface area contributed by atoms with Gasteiger partial charge in [0.05, 0.1) is 11.3 Å². The van der Waals surface area contributed by atoms with Gasteiger partial charge in [0.15, 0.2) is 11.0 Å². The lowest BCUT2D eigenvalue weighted by Crippen LogP contribution is -2.07. The Morgan fingerprint density at radius 2 is 2.05 bits per heavy atom. The summed E-state index contributed by atoms with van der Waals surface area (Å²) in [7, 11) is 0. The molecule has 0 atom stereocenters. The summed E-state index contributed by atoms with van der Waals surface area (Å²) in [6.45, 7) is 0. The van der Waals surface area contributed by atoms with E-state index in [0.717, 1.165) is 25.1 Å². The first-order valence-electron chi connectivity index (χ1n) is 6.14. The van der Waals surface area contributed by atoms with Crippen LogP contribution in [0.5, 0.6) is 0 Å². The second-order valence-electron chi connectivity index (χ2n) is 4.75. The molecular formula is C13H8ClF3N4. The molecule has 2 aromatic rings. The smallest absolute Gasteiger partial charge is 0.236 e. The van der Waals surface area contributed by atoms with E-state index in [1.165, 1.54) is 10.7 Å². The summed E-state index contributed by atoms with van der Waals surface area (Å²) in [5, 5.41) is 13.4. The summed E-state index contributed by atoms with van der Waals surface area (Å²) < 4.78 is 38.7. The van der Waals surface area contributed by atoms with Gasteiger partial charge in [0.1, 0.15) is 11.6 Å². The molecule has 0 radical (unpaired) electrons. The van der Waals surface area contributed by atoms with E-state index < -0.39 is 11.7 Å². The first-order valence-corrected chi connectivity index (χ1v) is 6.51. The zero-order chi connectivity index (χ0) is 15.2. The summed E-state index contributed by atoms with van der Waals surface area (Å²) in [6, 6.07) is 4.07. The number of pyridine rings is 1. The second-order valence-corrected chi connectivity index (χ2v) is 5.11. The van der Waals surface area contributed by atoms with Crippen LogP contribution in [0.2, 0.25) is 5.15 Å². The molecule has 3 rings (SSSR count). The van der Waals surface area contributed by atoms with Crippen molar-refractivity contribution in [2.45, 2.75) is 24.9 Å². The molecule has 0 aromatic carbocycles. The molecule has 108 valence electrons. The van der Waals surface area contributed by atoms with E-state index in [4.69, 9.17) is 16.9 Å². The van der Waals surface area contributed by atoms with Crippen molar-refractivity contribution < 1.29 is 13.2 Å². The lowest BCUT2D eigenvalue weighted by Gasteiger charge is -2.07. The number of alkyl halides is 3. The fraction of sp³-hybridized carbons (Fsp3) is 0.308. The van der Waals surface area contributed by atoms with Crippen molar-refractivity contribution in [1.29, 1.82) is 5.26 Å². The quantitative estimate of drug-likeness (QED) is 0.850. The van der Waals surface area contributed by atoms with E-state index in [1.54, 1.807) is 0 Å². The maximum Gasteiger partial charge on any atom is 0.417 e. The van der Waals surface area contributed by atoms with Gasteiger partial charge in [-0.05, 0) is 25.0 Å². The van der Waals surface area contributed by atoms with E-state index in [9.17, 15) is 13.2 Å². The van der Waals surface area contributed by atoms with Crippen molar-refractivity contribution in [3.8, 4) is 11.9 Å². The molecule has 4 nitrogen and oxygen atoms in total. The van der Waals surface area contributed by atoms with Crippen LogP contribution in [0.1, 0.15) is 35.6 Å². The van der Waals surface area contributed by atoms with Crippen LogP contribution in [-0.4, -0.2) is 14.8 Å². The summed E-state index contributed by atoms with van der Waals surface area (Å²) >= 11 is 6.08. The van der Waals surface area contributed by atoms with Crippen LogP contribution in [0.25, 0.3) is 5.82 Å². The van der Waals surface area contributed by atoms with E-state index in [-0.39, 0.29) is 22.5 Å². The van der Waals surface area contributed by atoms with Crippen LogP contribution in [-0.2, 0) is 6.18 Å². The monoisotopic (exact) mass is 312 g/mol. The highest BCUT2D eigenvalue weighted by Crippen LogP contribution is 2.42. The third kappa shape index (κ3) is 2.47. The van der Waals surface area contributed by atoms with Crippen molar-refractivity contribution in [1.82, 2.24) is 14.8 Å². The van der Waals surface area contributed by atoms with Gasteiger partial charge in [-0.1, -0.05) is 11.6 Å². The Bertz CT molecular complexity index is 724. The molecular weight excluding hydrogens is 305 g/mol. The molecule has 1 aliphatic carbocycles. The minimum absolute atomic E-state index is 0.0756. The number of nitrogens with zero attached hydrogens (tertiary/aromatic N) is 4. The lowest BCUT2D eigenvalue weighted by atomic mass is 10.2. The Balaban J connectivity index is 2.03. The zero-order valence-electron chi connectivity index (χ0n) is 10.5. The van der Waals surface area contributed by atoms with Gasteiger partial charge >= 0.3 is 6.18 Å². The van der Waals surface area contributed by atoms with E-state index in [0.29, 0.717) is 5.69 Å². The number of halogens is 4. The first-order chi connectivity index (χ1) is 9.91. The highest BCUT2D eigenvalue weighted by Gasteiger charge is 2.33. The lowest BCUT2D eigenvalue weighted by molar-refractivity contribution is -0.137. The van der Waals surface area contributed by atoms with Gasteiger partial charge in [-0.3, -0.25) is 0 Å². The number of aromatic nitrogens is 3. The molecule has 1 aliphatic rings. The SMILES string of the molecule is N#Cc1c(C2CC2)nn(-c2ccc(C(F)(F)F)cn2)c1Cl. The molecule has 2 heterocycles. The van der Waals surface area contributed by atoms with Crippen molar-refractivity contribution in [2.24, 2.45) is 0 Å². The largest absolute Gasteiger partial charge is 0.417 e. The van der Waals surface area contributed by atoms with Gasteiger partial charge < -0.3 is 0 Å². The topological polar surface area (TPSA) is 54.5 Å². The molecule has 2 aromatic heterocycles.